The molecule has 0 aliphatic carbocycles. The number of aliphatic hydroxyl groups excluding tert-OH is 1. The van der Waals surface area contributed by atoms with Gasteiger partial charge in [-0.2, -0.15) is 5.10 Å². The fourth-order valence-corrected chi connectivity index (χ4v) is 3.58. The van der Waals surface area contributed by atoms with Crippen LogP contribution >= 0.6 is 0 Å². The van der Waals surface area contributed by atoms with Gasteiger partial charge in [-0.15, -0.1) is 0 Å². The van der Waals surface area contributed by atoms with Gasteiger partial charge in [0.05, 0.1) is 23.7 Å². The summed E-state index contributed by atoms with van der Waals surface area (Å²) in [6.07, 6.45) is 0.744. The second-order valence-electron chi connectivity index (χ2n) is 7.77. The Morgan fingerprint density at radius 2 is 1.79 bits per heavy atom. The molecule has 0 aliphatic rings. The lowest BCUT2D eigenvalue weighted by Gasteiger charge is -2.09. The van der Waals surface area contributed by atoms with E-state index in [1.165, 1.54) is 12.1 Å². The third-order valence-corrected chi connectivity index (χ3v) is 5.26. The number of nitrogens with one attached hydrogen (secondary N) is 1. The summed E-state index contributed by atoms with van der Waals surface area (Å²) in [6.45, 7) is 0.631. The SMILES string of the molecule is O=C(CCc1cc(-c2cccc(F)c2)n(-c2ccc(OCCO)cc2)n1)NCc1ccccc1. The van der Waals surface area contributed by atoms with Crippen molar-refractivity contribution >= 4 is 5.91 Å². The molecule has 0 radical (unpaired) electrons. The summed E-state index contributed by atoms with van der Waals surface area (Å²) >= 11 is 0. The number of aliphatic hydroxyl groups is 1. The molecule has 34 heavy (non-hydrogen) atoms. The van der Waals surface area contributed by atoms with Crippen molar-refractivity contribution in [1.82, 2.24) is 15.1 Å². The number of aryl methyl sites for hydroxylation is 1. The average molecular weight is 460 g/mol. The molecule has 0 bridgehead atoms. The Kier molecular flexibility index (Phi) is 7.67. The van der Waals surface area contributed by atoms with Crippen LogP contribution in [0.1, 0.15) is 17.7 Å². The lowest BCUT2D eigenvalue weighted by Crippen LogP contribution is -2.23. The van der Waals surface area contributed by atoms with E-state index in [0.29, 0.717) is 30.7 Å². The summed E-state index contributed by atoms with van der Waals surface area (Å²) < 4.78 is 21.1. The fraction of sp³-hybridized carbons (Fsp3) is 0.185. The number of hydrogen-bond acceptors (Lipinski definition) is 4. The number of hydrogen-bond donors (Lipinski definition) is 2. The zero-order valence-corrected chi connectivity index (χ0v) is 18.7. The molecular weight excluding hydrogens is 433 g/mol. The fourth-order valence-electron chi connectivity index (χ4n) is 3.58. The van der Waals surface area contributed by atoms with E-state index in [0.717, 1.165) is 22.6 Å². The predicted molar refractivity (Wildman–Crippen MR) is 128 cm³/mol. The summed E-state index contributed by atoms with van der Waals surface area (Å²) in [6, 6.07) is 25.2. The molecule has 174 valence electrons. The van der Waals surface area contributed by atoms with Crippen LogP contribution in [-0.2, 0) is 17.8 Å². The summed E-state index contributed by atoms with van der Waals surface area (Å²) in [4.78, 5) is 12.4. The van der Waals surface area contributed by atoms with Crippen molar-refractivity contribution in [2.75, 3.05) is 13.2 Å². The molecule has 1 amide bonds. The predicted octanol–water partition coefficient (Wildman–Crippen LogP) is 4.30. The molecule has 0 saturated carbocycles. The summed E-state index contributed by atoms with van der Waals surface area (Å²) in [5.41, 5.74) is 3.96. The van der Waals surface area contributed by atoms with Gasteiger partial charge in [-0.3, -0.25) is 4.79 Å². The number of halogens is 1. The van der Waals surface area contributed by atoms with Gasteiger partial charge in [-0.25, -0.2) is 9.07 Å². The second kappa shape index (κ2) is 11.2. The summed E-state index contributed by atoms with van der Waals surface area (Å²) in [5, 5.41) is 16.6. The smallest absolute Gasteiger partial charge is 0.220 e. The summed E-state index contributed by atoms with van der Waals surface area (Å²) in [7, 11) is 0. The van der Waals surface area contributed by atoms with Crippen LogP contribution in [0.4, 0.5) is 4.39 Å². The number of rotatable bonds is 10. The number of nitrogens with zero attached hydrogens (tertiary/aromatic N) is 2. The zero-order chi connectivity index (χ0) is 23.8. The van der Waals surface area contributed by atoms with Crippen LogP contribution in [0.3, 0.4) is 0 Å². The number of carbonyl (C=O) groups is 1. The Labute approximate surface area is 197 Å². The molecule has 0 saturated heterocycles. The van der Waals surface area contributed by atoms with Crippen LogP contribution in [0.5, 0.6) is 5.75 Å². The van der Waals surface area contributed by atoms with Crippen molar-refractivity contribution in [2.45, 2.75) is 19.4 Å². The molecule has 6 nitrogen and oxygen atoms in total. The normalized spacial score (nSPS) is 10.8. The molecule has 3 aromatic carbocycles. The number of amides is 1. The standard InChI is InChI=1S/C27H26FN3O3/c28-22-8-4-7-21(17-22)26-18-23(9-14-27(33)29-19-20-5-2-1-3-6-20)30-31(26)24-10-12-25(13-11-24)34-16-15-32/h1-8,10-13,17-18,32H,9,14-16,19H2,(H,29,33). The monoisotopic (exact) mass is 459 g/mol. The van der Waals surface area contributed by atoms with E-state index >= 15 is 0 Å². The van der Waals surface area contributed by atoms with Gasteiger partial charge in [0.2, 0.25) is 5.91 Å². The minimum absolute atomic E-state index is 0.0592. The Hall–Kier alpha value is -3.97. The Morgan fingerprint density at radius 3 is 2.53 bits per heavy atom. The maximum absolute atomic E-state index is 13.9. The van der Waals surface area contributed by atoms with Gasteiger partial charge in [0, 0.05) is 24.9 Å². The first kappa shape index (κ1) is 23.2. The van der Waals surface area contributed by atoms with Crippen LogP contribution in [0.25, 0.3) is 16.9 Å². The van der Waals surface area contributed by atoms with E-state index in [1.54, 1.807) is 22.9 Å². The van der Waals surface area contributed by atoms with E-state index in [4.69, 9.17) is 14.9 Å². The van der Waals surface area contributed by atoms with Gasteiger partial charge in [0.15, 0.2) is 0 Å². The van der Waals surface area contributed by atoms with Gasteiger partial charge in [0.25, 0.3) is 0 Å². The van der Waals surface area contributed by atoms with Crippen LogP contribution in [0.15, 0.2) is 84.9 Å². The van der Waals surface area contributed by atoms with Crippen molar-refractivity contribution < 1.29 is 19.0 Å². The van der Waals surface area contributed by atoms with Gasteiger partial charge >= 0.3 is 0 Å². The Bertz CT molecular complexity index is 1220. The van der Waals surface area contributed by atoms with Crippen molar-refractivity contribution in [3.05, 3.63) is 102 Å². The second-order valence-corrected chi connectivity index (χ2v) is 7.77. The Balaban J connectivity index is 1.51. The lowest BCUT2D eigenvalue weighted by atomic mass is 10.1. The first-order valence-electron chi connectivity index (χ1n) is 11.1. The van der Waals surface area contributed by atoms with E-state index in [9.17, 15) is 9.18 Å². The number of ether oxygens (including phenoxy) is 1. The number of aromatic nitrogens is 2. The van der Waals surface area contributed by atoms with Crippen molar-refractivity contribution in [1.29, 1.82) is 0 Å². The maximum atomic E-state index is 13.9. The molecular formula is C27H26FN3O3. The molecule has 0 atom stereocenters. The number of carbonyl (C=O) groups excluding carboxylic acids is 1. The third-order valence-electron chi connectivity index (χ3n) is 5.26. The molecule has 4 rings (SSSR count). The summed E-state index contributed by atoms with van der Waals surface area (Å²) in [5.74, 6) is 0.239. The van der Waals surface area contributed by atoms with Gasteiger partial charge in [-0.05, 0) is 48.0 Å². The van der Waals surface area contributed by atoms with Gasteiger partial charge in [-0.1, -0.05) is 42.5 Å². The third kappa shape index (κ3) is 6.08. The molecule has 0 aliphatic heterocycles. The van der Waals surface area contributed by atoms with Crippen LogP contribution in [0.2, 0.25) is 0 Å². The maximum Gasteiger partial charge on any atom is 0.220 e. The van der Waals surface area contributed by atoms with Crippen molar-refractivity contribution in [3.8, 4) is 22.7 Å². The number of benzene rings is 3. The Morgan fingerprint density at radius 1 is 1.00 bits per heavy atom. The largest absolute Gasteiger partial charge is 0.491 e. The average Bonchev–Trinajstić information content (AvgIpc) is 3.30. The van der Waals surface area contributed by atoms with Crippen molar-refractivity contribution in [2.24, 2.45) is 0 Å². The van der Waals surface area contributed by atoms with E-state index in [-0.39, 0.29) is 24.9 Å². The van der Waals surface area contributed by atoms with Crippen LogP contribution in [0, 0.1) is 5.82 Å². The quantitative estimate of drug-likeness (QED) is 0.371. The minimum Gasteiger partial charge on any atom is -0.491 e. The van der Waals surface area contributed by atoms with Gasteiger partial charge in [0.1, 0.15) is 18.2 Å². The molecule has 0 unspecified atom stereocenters. The minimum atomic E-state index is -0.333. The molecule has 4 aromatic rings. The van der Waals surface area contributed by atoms with Crippen LogP contribution in [-0.4, -0.2) is 34.0 Å². The first-order chi connectivity index (χ1) is 16.6. The molecule has 7 heteroatoms. The van der Waals surface area contributed by atoms with Crippen LogP contribution < -0.4 is 10.1 Å². The molecule has 1 heterocycles. The van der Waals surface area contributed by atoms with E-state index in [2.05, 4.69) is 5.32 Å². The van der Waals surface area contributed by atoms with E-state index < -0.39 is 0 Å². The zero-order valence-electron chi connectivity index (χ0n) is 18.7. The molecule has 1 aromatic heterocycles. The van der Waals surface area contributed by atoms with E-state index in [1.807, 2.05) is 54.6 Å². The first-order valence-corrected chi connectivity index (χ1v) is 11.1. The highest BCUT2D eigenvalue weighted by atomic mass is 19.1. The molecule has 0 fully saturated rings. The topological polar surface area (TPSA) is 76.4 Å². The highest BCUT2D eigenvalue weighted by molar-refractivity contribution is 5.76. The van der Waals surface area contributed by atoms with Crippen molar-refractivity contribution in [3.63, 3.8) is 0 Å². The highest BCUT2D eigenvalue weighted by Crippen LogP contribution is 2.26. The highest BCUT2D eigenvalue weighted by Gasteiger charge is 2.14. The molecule has 2 N–H and O–H groups in total. The molecule has 0 spiro atoms. The lowest BCUT2D eigenvalue weighted by molar-refractivity contribution is -0.121. The van der Waals surface area contributed by atoms with Gasteiger partial charge < -0.3 is 15.2 Å².